The van der Waals surface area contributed by atoms with E-state index in [0.29, 0.717) is 6.61 Å². The number of piperidine rings is 1. The molecule has 3 aromatic rings. The zero-order valence-electron chi connectivity index (χ0n) is 19.0. The normalized spacial score (nSPS) is 18.8. The number of aliphatic hydroxyl groups excluding tert-OH is 1. The van der Waals surface area contributed by atoms with Crippen molar-refractivity contribution >= 4 is 16.8 Å². The van der Waals surface area contributed by atoms with Crippen LogP contribution in [0.3, 0.4) is 0 Å². The molecule has 1 aliphatic heterocycles. The van der Waals surface area contributed by atoms with Crippen LogP contribution in [0.15, 0.2) is 54.6 Å². The molecule has 5 nitrogen and oxygen atoms in total. The smallest absolute Gasteiger partial charge is 0.232 e. The summed E-state index contributed by atoms with van der Waals surface area (Å²) in [4.78, 5) is 19.8. The van der Waals surface area contributed by atoms with Gasteiger partial charge in [0, 0.05) is 36.3 Å². The quantitative estimate of drug-likeness (QED) is 0.521. The van der Waals surface area contributed by atoms with Crippen molar-refractivity contribution < 1.29 is 14.6 Å². The van der Waals surface area contributed by atoms with E-state index in [1.807, 2.05) is 54.3 Å². The number of hydrogen-bond donors (Lipinski definition) is 1. The number of para-hydroxylation sites is 1. The Morgan fingerprint density at radius 3 is 2.69 bits per heavy atom. The summed E-state index contributed by atoms with van der Waals surface area (Å²) in [5.74, 6) is 0.980. The Bertz CT molecular complexity index is 1080. The van der Waals surface area contributed by atoms with Crippen molar-refractivity contribution in [3.05, 3.63) is 71.4 Å². The van der Waals surface area contributed by atoms with Crippen molar-refractivity contribution in [3.63, 3.8) is 0 Å². The number of amides is 1. The Labute approximate surface area is 190 Å². The molecule has 168 valence electrons. The molecule has 1 aromatic heterocycles. The van der Waals surface area contributed by atoms with Gasteiger partial charge in [0.1, 0.15) is 12.4 Å². The number of aromatic nitrogens is 1. The Morgan fingerprint density at radius 1 is 1.12 bits per heavy atom. The number of rotatable bonds is 8. The molecule has 1 amide bonds. The van der Waals surface area contributed by atoms with Crippen LogP contribution in [0.25, 0.3) is 10.9 Å². The highest BCUT2D eigenvalue weighted by Crippen LogP contribution is 2.36. The van der Waals surface area contributed by atoms with Crippen molar-refractivity contribution in [2.24, 2.45) is 0 Å². The first-order valence-corrected chi connectivity index (χ1v) is 11.5. The van der Waals surface area contributed by atoms with Crippen molar-refractivity contribution in [1.29, 1.82) is 0 Å². The summed E-state index contributed by atoms with van der Waals surface area (Å²) in [5, 5.41) is 10.1. The van der Waals surface area contributed by atoms with Gasteiger partial charge in [-0.25, -0.2) is 0 Å². The van der Waals surface area contributed by atoms with E-state index in [9.17, 15) is 4.79 Å². The van der Waals surface area contributed by atoms with Crippen LogP contribution in [0.5, 0.6) is 5.75 Å². The predicted octanol–water partition coefficient (Wildman–Crippen LogP) is 4.77. The molecule has 1 N–H and O–H groups in total. The highest BCUT2D eigenvalue weighted by molar-refractivity contribution is 5.88. The molecule has 2 heterocycles. The van der Waals surface area contributed by atoms with E-state index < -0.39 is 5.41 Å². The summed E-state index contributed by atoms with van der Waals surface area (Å²) in [5.41, 5.74) is 3.60. The molecule has 1 unspecified atom stereocenters. The van der Waals surface area contributed by atoms with E-state index in [1.54, 1.807) is 0 Å². The maximum Gasteiger partial charge on any atom is 0.232 e. The minimum absolute atomic E-state index is 0.176. The first kappa shape index (κ1) is 22.3. The van der Waals surface area contributed by atoms with Gasteiger partial charge in [-0.1, -0.05) is 30.3 Å². The molecule has 1 atom stereocenters. The number of pyridine rings is 1. The zero-order valence-corrected chi connectivity index (χ0v) is 19.0. The number of benzene rings is 2. The van der Waals surface area contributed by atoms with Crippen LogP contribution in [0.4, 0.5) is 0 Å². The summed E-state index contributed by atoms with van der Waals surface area (Å²) in [6, 6.07) is 18.2. The number of carbonyl (C=O) groups excluding carboxylic acids is 1. The Hall–Kier alpha value is -2.92. The average Bonchev–Trinajstić information content (AvgIpc) is 2.80. The first-order valence-electron chi connectivity index (χ1n) is 11.5. The molecular formula is C27H32N2O3. The monoisotopic (exact) mass is 432 g/mol. The van der Waals surface area contributed by atoms with Crippen LogP contribution in [0.2, 0.25) is 0 Å². The summed E-state index contributed by atoms with van der Waals surface area (Å²) < 4.78 is 6.10. The van der Waals surface area contributed by atoms with Crippen LogP contribution in [-0.2, 0) is 16.8 Å². The third-order valence-corrected chi connectivity index (χ3v) is 6.52. The molecule has 2 aromatic carbocycles. The molecule has 0 radical (unpaired) electrons. The van der Waals surface area contributed by atoms with Crippen LogP contribution >= 0.6 is 0 Å². The van der Waals surface area contributed by atoms with Gasteiger partial charge in [-0.2, -0.15) is 0 Å². The first-order chi connectivity index (χ1) is 15.5. The van der Waals surface area contributed by atoms with Gasteiger partial charge in [-0.05, 0) is 69.4 Å². The fraction of sp³-hybridized carbons (Fsp3) is 0.407. The lowest BCUT2D eigenvalue weighted by molar-refractivity contribution is -0.140. The second-order valence-corrected chi connectivity index (χ2v) is 8.91. The van der Waals surface area contributed by atoms with E-state index in [4.69, 9.17) is 9.84 Å². The fourth-order valence-corrected chi connectivity index (χ4v) is 4.67. The molecule has 1 saturated heterocycles. The second kappa shape index (κ2) is 9.70. The summed E-state index contributed by atoms with van der Waals surface area (Å²) in [6.45, 7) is 6.22. The topological polar surface area (TPSA) is 62.7 Å². The minimum Gasteiger partial charge on any atom is -0.489 e. The van der Waals surface area contributed by atoms with E-state index in [0.717, 1.165) is 72.2 Å². The Balaban J connectivity index is 1.46. The second-order valence-electron chi connectivity index (χ2n) is 8.91. The molecule has 1 fully saturated rings. The Morgan fingerprint density at radius 2 is 1.91 bits per heavy atom. The maximum absolute atomic E-state index is 13.2. The highest BCUT2D eigenvalue weighted by Gasteiger charge is 2.40. The van der Waals surface area contributed by atoms with Gasteiger partial charge < -0.3 is 14.7 Å². The average molecular weight is 433 g/mol. The number of unbranched alkanes of at least 4 members (excludes halogenated alkanes) is 1. The van der Waals surface area contributed by atoms with Gasteiger partial charge in [0.15, 0.2) is 0 Å². The number of hydrogen-bond acceptors (Lipinski definition) is 4. The lowest BCUT2D eigenvalue weighted by Gasteiger charge is -2.40. The van der Waals surface area contributed by atoms with Crippen molar-refractivity contribution in [2.45, 2.75) is 51.6 Å². The molecule has 5 heteroatoms. The third-order valence-electron chi connectivity index (χ3n) is 6.52. The molecule has 4 rings (SSSR count). The van der Waals surface area contributed by atoms with E-state index in [-0.39, 0.29) is 12.5 Å². The number of fused-ring (bicyclic) bond motifs is 1. The fourth-order valence-electron chi connectivity index (χ4n) is 4.67. The standard InChI is InChI=1S/C27H32N2O3/c1-20-18-21(24-8-3-4-9-25(24)28-20)19-32-23-12-10-22(11-13-23)27(2)14-7-16-29(26(27)31)15-5-6-17-30/h3-4,8-13,18,30H,5-7,14-17,19H2,1-2H3. The minimum atomic E-state index is -0.506. The SMILES string of the molecule is Cc1cc(COc2ccc(C3(C)CCCN(CCCCO)C3=O)cc2)c2ccccc2n1. The number of carbonyl (C=O) groups is 1. The van der Waals surface area contributed by atoms with Gasteiger partial charge in [-0.15, -0.1) is 0 Å². The van der Waals surface area contributed by atoms with E-state index in [2.05, 4.69) is 24.0 Å². The lowest BCUT2D eigenvalue weighted by Crippen LogP contribution is -2.50. The van der Waals surface area contributed by atoms with E-state index in [1.165, 1.54) is 0 Å². The van der Waals surface area contributed by atoms with Gasteiger partial charge in [-0.3, -0.25) is 9.78 Å². The van der Waals surface area contributed by atoms with Crippen LogP contribution in [0.1, 0.15) is 49.4 Å². The number of aliphatic hydroxyl groups is 1. The van der Waals surface area contributed by atoms with Crippen molar-refractivity contribution in [3.8, 4) is 5.75 Å². The highest BCUT2D eigenvalue weighted by atomic mass is 16.5. The van der Waals surface area contributed by atoms with Gasteiger partial charge in [0.05, 0.1) is 10.9 Å². The third kappa shape index (κ3) is 4.63. The molecular weight excluding hydrogens is 400 g/mol. The molecule has 0 bridgehead atoms. The predicted molar refractivity (Wildman–Crippen MR) is 127 cm³/mol. The number of likely N-dealkylation sites (tertiary alicyclic amines) is 1. The van der Waals surface area contributed by atoms with Crippen molar-refractivity contribution in [2.75, 3.05) is 19.7 Å². The number of nitrogens with zero attached hydrogens (tertiary/aromatic N) is 2. The van der Waals surface area contributed by atoms with Crippen LogP contribution in [-0.4, -0.2) is 40.6 Å². The largest absolute Gasteiger partial charge is 0.489 e. The molecule has 32 heavy (non-hydrogen) atoms. The lowest BCUT2D eigenvalue weighted by atomic mass is 9.75. The molecule has 0 saturated carbocycles. The van der Waals surface area contributed by atoms with Crippen LogP contribution in [0, 0.1) is 6.92 Å². The molecule has 0 spiro atoms. The maximum atomic E-state index is 13.2. The number of ether oxygens (including phenoxy) is 1. The molecule has 1 aliphatic rings. The Kier molecular flexibility index (Phi) is 6.75. The summed E-state index contributed by atoms with van der Waals surface area (Å²) in [6.07, 6.45) is 3.42. The number of aryl methyl sites for hydroxylation is 1. The van der Waals surface area contributed by atoms with Crippen LogP contribution < -0.4 is 4.74 Å². The summed E-state index contributed by atoms with van der Waals surface area (Å²) >= 11 is 0. The van der Waals surface area contributed by atoms with Gasteiger partial charge in [0.25, 0.3) is 0 Å². The van der Waals surface area contributed by atoms with Crippen molar-refractivity contribution in [1.82, 2.24) is 9.88 Å². The molecule has 0 aliphatic carbocycles. The zero-order chi connectivity index (χ0) is 22.6. The van der Waals surface area contributed by atoms with Gasteiger partial charge in [0.2, 0.25) is 5.91 Å². The van der Waals surface area contributed by atoms with Gasteiger partial charge >= 0.3 is 0 Å². The summed E-state index contributed by atoms with van der Waals surface area (Å²) in [7, 11) is 0. The van der Waals surface area contributed by atoms with E-state index >= 15 is 0 Å².